The van der Waals surface area contributed by atoms with E-state index in [1.54, 1.807) is 0 Å². The van der Waals surface area contributed by atoms with Crippen LogP contribution in [0.1, 0.15) is 12.8 Å². The van der Waals surface area contributed by atoms with E-state index in [1.165, 1.54) is 4.90 Å². The molecular formula is C10H16N2O5S. The molecule has 0 aromatic carbocycles. The summed E-state index contributed by atoms with van der Waals surface area (Å²) in [6, 6.07) is -0.702. The Morgan fingerprint density at radius 1 is 1.28 bits per heavy atom. The standard InChI is InChI=1S/C10H16N2O5S/c13-9(14)7-1-3-12(5-7)10(15)11-8-2-4-18(16,17)6-8/h7-8H,1-6H2,(H,11,15)(H,13,14). The fraction of sp³-hybridized carbons (Fsp3) is 0.800. The molecule has 0 saturated carbocycles. The summed E-state index contributed by atoms with van der Waals surface area (Å²) in [7, 11) is -3.02. The fourth-order valence-corrected chi connectivity index (χ4v) is 3.99. The Hall–Kier alpha value is -1.31. The molecule has 0 aliphatic carbocycles. The third-order valence-corrected chi connectivity index (χ3v) is 5.15. The molecule has 2 aliphatic heterocycles. The van der Waals surface area contributed by atoms with Crippen molar-refractivity contribution >= 4 is 21.8 Å². The van der Waals surface area contributed by atoms with Crippen molar-refractivity contribution in [3.05, 3.63) is 0 Å². The number of nitrogens with zero attached hydrogens (tertiary/aromatic N) is 1. The highest BCUT2D eigenvalue weighted by atomic mass is 32.2. The molecule has 0 spiro atoms. The number of carboxylic acid groups (broad SMARTS) is 1. The molecule has 2 saturated heterocycles. The average molecular weight is 276 g/mol. The molecular weight excluding hydrogens is 260 g/mol. The average Bonchev–Trinajstić information content (AvgIpc) is 2.85. The predicted molar refractivity (Wildman–Crippen MR) is 62.9 cm³/mol. The van der Waals surface area contributed by atoms with Gasteiger partial charge in [-0.2, -0.15) is 0 Å². The number of hydrogen-bond acceptors (Lipinski definition) is 4. The SMILES string of the molecule is O=C(O)C1CCN(C(=O)NC2CCS(=O)(=O)C2)C1. The maximum Gasteiger partial charge on any atom is 0.317 e. The first-order valence-corrected chi connectivity index (χ1v) is 7.68. The first-order valence-electron chi connectivity index (χ1n) is 5.86. The molecule has 2 aliphatic rings. The summed E-state index contributed by atoms with van der Waals surface area (Å²) in [4.78, 5) is 24.0. The second kappa shape index (κ2) is 4.75. The molecule has 0 aromatic heterocycles. The van der Waals surface area contributed by atoms with Gasteiger partial charge >= 0.3 is 12.0 Å². The molecule has 2 unspecified atom stereocenters. The Kier molecular flexibility index (Phi) is 3.47. The number of hydrogen-bond donors (Lipinski definition) is 2. The molecule has 2 amide bonds. The van der Waals surface area contributed by atoms with Crippen molar-refractivity contribution in [3.63, 3.8) is 0 Å². The number of likely N-dealkylation sites (tertiary alicyclic amines) is 1. The van der Waals surface area contributed by atoms with Crippen molar-refractivity contribution in [3.8, 4) is 0 Å². The van der Waals surface area contributed by atoms with Crippen molar-refractivity contribution in [2.75, 3.05) is 24.6 Å². The van der Waals surface area contributed by atoms with Gasteiger partial charge in [0.2, 0.25) is 0 Å². The monoisotopic (exact) mass is 276 g/mol. The fourth-order valence-electron chi connectivity index (χ4n) is 2.32. The summed E-state index contributed by atoms with van der Waals surface area (Å²) < 4.78 is 22.5. The van der Waals surface area contributed by atoms with Gasteiger partial charge in [0, 0.05) is 19.1 Å². The van der Waals surface area contributed by atoms with E-state index in [1.807, 2.05) is 0 Å². The Balaban J connectivity index is 1.85. The number of carboxylic acids is 1. The minimum absolute atomic E-state index is 0.0189. The zero-order chi connectivity index (χ0) is 13.3. The van der Waals surface area contributed by atoms with Gasteiger partial charge in [0.15, 0.2) is 9.84 Å². The third-order valence-electron chi connectivity index (χ3n) is 3.38. The molecule has 18 heavy (non-hydrogen) atoms. The Morgan fingerprint density at radius 3 is 2.50 bits per heavy atom. The smallest absolute Gasteiger partial charge is 0.317 e. The predicted octanol–water partition coefficient (Wildman–Crippen LogP) is -0.710. The quantitative estimate of drug-likeness (QED) is 0.693. The highest BCUT2D eigenvalue weighted by molar-refractivity contribution is 7.91. The lowest BCUT2D eigenvalue weighted by molar-refractivity contribution is -0.141. The first kappa shape index (κ1) is 13.1. The van der Waals surface area contributed by atoms with E-state index in [0.717, 1.165) is 0 Å². The summed E-state index contributed by atoms with van der Waals surface area (Å²) in [5.74, 6) is -1.32. The van der Waals surface area contributed by atoms with Crippen LogP contribution in [0.3, 0.4) is 0 Å². The second-order valence-electron chi connectivity index (χ2n) is 4.82. The zero-order valence-electron chi connectivity index (χ0n) is 9.83. The molecule has 0 aromatic rings. The van der Waals surface area contributed by atoms with Crippen LogP contribution in [0.4, 0.5) is 4.79 Å². The van der Waals surface area contributed by atoms with Crippen molar-refractivity contribution < 1.29 is 23.1 Å². The van der Waals surface area contributed by atoms with Crippen molar-refractivity contribution in [2.45, 2.75) is 18.9 Å². The molecule has 8 heteroatoms. The van der Waals surface area contributed by atoms with E-state index >= 15 is 0 Å². The Labute approximate surface area is 105 Å². The minimum Gasteiger partial charge on any atom is -0.481 e. The maximum absolute atomic E-state index is 11.8. The van der Waals surface area contributed by atoms with Crippen LogP contribution in [0.25, 0.3) is 0 Å². The van der Waals surface area contributed by atoms with Crippen LogP contribution in [0.5, 0.6) is 0 Å². The number of sulfone groups is 1. The van der Waals surface area contributed by atoms with E-state index in [9.17, 15) is 18.0 Å². The molecule has 2 fully saturated rings. The van der Waals surface area contributed by atoms with Crippen molar-refractivity contribution in [1.29, 1.82) is 0 Å². The third kappa shape index (κ3) is 2.92. The Morgan fingerprint density at radius 2 is 2.00 bits per heavy atom. The number of aliphatic carboxylic acids is 1. The molecule has 2 rings (SSSR count). The minimum atomic E-state index is -3.02. The van der Waals surface area contributed by atoms with Gasteiger partial charge in [0.1, 0.15) is 0 Å². The lowest BCUT2D eigenvalue weighted by Crippen LogP contribution is -2.44. The number of urea groups is 1. The van der Waals surface area contributed by atoms with Crippen molar-refractivity contribution in [2.24, 2.45) is 5.92 Å². The van der Waals surface area contributed by atoms with Gasteiger partial charge < -0.3 is 15.3 Å². The number of rotatable bonds is 2. The van der Waals surface area contributed by atoms with Gasteiger partial charge in [-0.15, -0.1) is 0 Å². The number of amides is 2. The highest BCUT2D eigenvalue weighted by Crippen LogP contribution is 2.17. The lowest BCUT2D eigenvalue weighted by atomic mass is 10.1. The largest absolute Gasteiger partial charge is 0.481 e. The van der Waals surface area contributed by atoms with Crippen LogP contribution in [0.15, 0.2) is 0 Å². The van der Waals surface area contributed by atoms with Gasteiger partial charge in [-0.1, -0.05) is 0 Å². The summed E-state index contributed by atoms with van der Waals surface area (Å²) in [6.45, 7) is 0.600. The van der Waals surface area contributed by atoms with Gasteiger partial charge in [-0.3, -0.25) is 4.79 Å². The second-order valence-corrected chi connectivity index (χ2v) is 7.05. The Bertz CT molecular complexity index is 461. The van der Waals surface area contributed by atoms with Crippen LogP contribution in [0, 0.1) is 5.92 Å². The number of carbonyl (C=O) groups excluding carboxylic acids is 1. The number of carbonyl (C=O) groups is 2. The molecule has 102 valence electrons. The van der Waals surface area contributed by atoms with Gasteiger partial charge in [0.25, 0.3) is 0 Å². The first-order chi connectivity index (χ1) is 8.37. The van der Waals surface area contributed by atoms with Crippen LogP contribution >= 0.6 is 0 Å². The molecule has 0 bridgehead atoms. The van der Waals surface area contributed by atoms with E-state index in [0.29, 0.717) is 19.4 Å². The van der Waals surface area contributed by atoms with E-state index in [-0.39, 0.29) is 30.1 Å². The summed E-state index contributed by atoms with van der Waals surface area (Å²) in [5.41, 5.74) is 0. The maximum atomic E-state index is 11.8. The summed E-state index contributed by atoms with van der Waals surface area (Å²) in [6.07, 6.45) is 0.885. The molecule has 7 nitrogen and oxygen atoms in total. The van der Waals surface area contributed by atoms with Crippen molar-refractivity contribution in [1.82, 2.24) is 10.2 Å². The van der Waals surface area contributed by atoms with E-state index < -0.39 is 21.7 Å². The zero-order valence-corrected chi connectivity index (χ0v) is 10.6. The highest BCUT2D eigenvalue weighted by Gasteiger charge is 2.34. The van der Waals surface area contributed by atoms with E-state index in [2.05, 4.69) is 5.32 Å². The molecule has 0 radical (unpaired) electrons. The van der Waals surface area contributed by atoms with Crippen LogP contribution in [-0.4, -0.2) is 61.1 Å². The molecule has 2 heterocycles. The lowest BCUT2D eigenvalue weighted by Gasteiger charge is -2.19. The molecule has 2 atom stereocenters. The van der Waals surface area contributed by atoms with Gasteiger partial charge in [0.05, 0.1) is 17.4 Å². The van der Waals surface area contributed by atoms with Crippen LogP contribution in [-0.2, 0) is 14.6 Å². The van der Waals surface area contributed by atoms with Gasteiger partial charge in [-0.05, 0) is 12.8 Å². The van der Waals surface area contributed by atoms with Gasteiger partial charge in [-0.25, -0.2) is 13.2 Å². The van der Waals surface area contributed by atoms with Crippen LogP contribution < -0.4 is 5.32 Å². The van der Waals surface area contributed by atoms with Crippen LogP contribution in [0.2, 0.25) is 0 Å². The summed E-state index contributed by atoms with van der Waals surface area (Å²) >= 11 is 0. The topological polar surface area (TPSA) is 104 Å². The van der Waals surface area contributed by atoms with E-state index in [4.69, 9.17) is 5.11 Å². The molecule has 2 N–H and O–H groups in total. The number of nitrogens with one attached hydrogen (secondary N) is 1. The summed E-state index contributed by atoms with van der Waals surface area (Å²) in [5, 5.41) is 11.5. The normalized spacial score (nSPS) is 30.3.